The Balaban J connectivity index is 1.54. The molecule has 9 heteroatoms. The summed E-state index contributed by atoms with van der Waals surface area (Å²) in [6.07, 6.45) is 3.07. The minimum Gasteiger partial charge on any atom is -0.477 e. The number of carboxylic acids is 1. The molecule has 0 saturated carbocycles. The largest absolute Gasteiger partial charge is 0.477 e. The van der Waals surface area contributed by atoms with Gasteiger partial charge in [-0.05, 0) is 30.3 Å². The summed E-state index contributed by atoms with van der Waals surface area (Å²) < 4.78 is 5.74. The normalized spacial score (nSPS) is 12.7. The number of urea groups is 1. The van der Waals surface area contributed by atoms with Crippen LogP contribution < -0.4 is 15.0 Å². The number of carboxylic acid groups (broad SMARTS) is 1. The van der Waals surface area contributed by atoms with Gasteiger partial charge in [0.1, 0.15) is 27.0 Å². The molecule has 2 amide bonds. The lowest BCUT2D eigenvalue weighted by atomic mass is 10.1. The van der Waals surface area contributed by atoms with Crippen LogP contribution in [0.1, 0.15) is 9.67 Å². The summed E-state index contributed by atoms with van der Waals surface area (Å²) in [7, 11) is 0. The number of anilines is 3. The van der Waals surface area contributed by atoms with Gasteiger partial charge in [0, 0.05) is 6.20 Å². The number of hydrogen-bond donors (Lipinski definition) is 2. The molecule has 0 fully saturated rings. The molecule has 0 bridgehead atoms. The predicted octanol–water partition coefficient (Wildman–Crippen LogP) is 4.87. The Morgan fingerprint density at radius 1 is 1.07 bits per heavy atom. The van der Waals surface area contributed by atoms with E-state index in [4.69, 9.17) is 4.74 Å². The summed E-state index contributed by atoms with van der Waals surface area (Å²) in [5, 5.41) is 12.7. The molecule has 0 saturated heterocycles. The van der Waals surface area contributed by atoms with Crippen LogP contribution in [-0.2, 0) is 0 Å². The van der Waals surface area contributed by atoms with Gasteiger partial charge in [-0.25, -0.2) is 24.5 Å². The Morgan fingerprint density at radius 3 is 2.62 bits per heavy atom. The lowest BCUT2D eigenvalue weighted by Gasteiger charge is -2.27. The van der Waals surface area contributed by atoms with Gasteiger partial charge < -0.3 is 15.2 Å². The first-order valence-electron chi connectivity index (χ1n) is 8.56. The van der Waals surface area contributed by atoms with Crippen LogP contribution in [0.5, 0.6) is 11.5 Å². The number of nitrogens with zero attached hydrogens (tertiary/aromatic N) is 3. The molecule has 1 aliphatic rings. The van der Waals surface area contributed by atoms with Gasteiger partial charge in [-0.2, -0.15) is 0 Å². The van der Waals surface area contributed by atoms with E-state index in [2.05, 4.69) is 15.3 Å². The monoisotopic (exact) mass is 404 g/mol. The Bertz CT molecular complexity index is 1250. The number of aromatic nitrogens is 2. The van der Waals surface area contributed by atoms with Crippen LogP contribution in [0.25, 0.3) is 10.2 Å². The topological polar surface area (TPSA) is 105 Å². The van der Waals surface area contributed by atoms with Crippen molar-refractivity contribution < 1.29 is 19.4 Å². The number of benzene rings is 1. The molecule has 0 spiro atoms. The van der Waals surface area contributed by atoms with E-state index < -0.39 is 12.0 Å². The number of rotatable bonds is 4. The number of ether oxygens (including phenoxy) is 1. The molecular weight excluding hydrogens is 392 g/mol. The van der Waals surface area contributed by atoms with Crippen molar-refractivity contribution in [1.29, 1.82) is 0 Å². The predicted molar refractivity (Wildman–Crippen MR) is 108 cm³/mol. The van der Waals surface area contributed by atoms with Crippen molar-refractivity contribution in [3.05, 3.63) is 65.8 Å². The van der Waals surface area contributed by atoms with Crippen molar-refractivity contribution in [2.75, 3.05) is 10.2 Å². The molecule has 3 aromatic heterocycles. The van der Waals surface area contributed by atoms with E-state index in [1.165, 1.54) is 11.1 Å². The van der Waals surface area contributed by atoms with Crippen LogP contribution in [-0.4, -0.2) is 27.1 Å². The van der Waals surface area contributed by atoms with Gasteiger partial charge in [-0.15, -0.1) is 11.3 Å². The highest BCUT2D eigenvalue weighted by Gasteiger charge is 2.33. The molecule has 0 radical (unpaired) electrons. The number of carbonyl (C=O) groups is 2. The van der Waals surface area contributed by atoms with Gasteiger partial charge in [0.2, 0.25) is 0 Å². The maximum atomic E-state index is 12.8. The lowest BCUT2D eigenvalue weighted by Crippen LogP contribution is -2.34. The molecule has 0 atom stereocenters. The highest BCUT2D eigenvalue weighted by Crippen LogP contribution is 2.45. The van der Waals surface area contributed by atoms with Gasteiger partial charge in [0.15, 0.2) is 0 Å². The number of nitrogens with one attached hydrogen (secondary N) is 1. The minimum absolute atomic E-state index is 0.0486. The van der Waals surface area contributed by atoms with Crippen LogP contribution in [0.15, 0.2) is 60.9 Å². The first kappa shape index (κ1) is 17.1. The highest BCUT2D eigenvalue weighted by molar-refractivity contribution is 7.21. The van der Waals surface area contributed by atoms with Crippen LogP contribution in [0, 0.1) is 0 Å². The van der Waals surface area contributed by atoms with E-state index in [9.17, 15) is 14.7 Å². The van der Waals surface area contributed by atoms with E-state index in [-0.39, 0.29) is 10.6 Å². The number of para-hydroxylation sites is 1. The SMILES string of the molecule is O=C(O)c1sc2nccc3c2c1NC(=O)N3c1ccc(Oc2ccccc2)cn1. The Kier molecular flexibility index (Phi) is 3.88. The van der Waals surface area contributed by atoms with E-state index in [1.54, 1.807) is 24.4 Å². The highest BCUT2D eigenvalue weighted by atomic mass is 32.1. The molecular formula is C20H12N4O4S. The van der Waals surface area contributed by atoms with E-state index in [1.807, 2.05) is 30.3 Å². The number of pyridine rings is 2. The van der Waals surface area contributed by atoms with Gasteiger partial charge in [-0.1, -0.05) is 18.2 Å². The van der Waals surface area contributed by atoms with Crippen molar-refractivity contribution in [1.82, 2.24) is 9.97 Å². The molecule has 29 heavy (non-hydrogen) atoms. The average Bonchev–Trinajstić information content (AvgIpc) is 3.10. The van der Waals surface area contributed by atoms with Gasteiger partial charge >= 0.3 is 12.0 Å². The van der Waals surface area contributed by atoms with Crippen LogP contribution in [0.3, 0.4) is 0 Å². The number of thiophene rings is 1. The quantitative estimate of drug-likeness (QED) is 0.503. The van der Waals surface area contributed by atoms with Gasteiger partial charge in [0.05, 0.1) is 23.0 Å². The molecule has 1 aliphatic heterocycles. The first-order valence-corrected chi connectivity index (χ1v) is 9.38. The van der Waals surface area contributed by atoms with Crippen LogP contribution >= 0.6 is 11.3 Å². The van der Waals surface area contributed by atoms with Crippen molar-refractivity contribution in [2.45, 2.75) is 0 Å². The summed E-state index contributed by atoms with van der Waals surface area (Å²) in [6, 6.07) is 13.9. The summed E-state index contributed by atoms with van der Waals surface area (Å²) >= 11 is 1.02. The maximum Gasteiger partial charge on any atom is 0.348 e. The molecule has 4 heterocycles. The Hall–Kier alpha value is -3.98. The summed E-state index contributed by atoms with van der Waals surface area (Å²) in [5.41, 5.74) is 0.799. The maximum absolute atomic E-state index is 12.8. The van der Waals surface area contributed by atoms with Crippen molar-refractivity contribution in [3.8, 4) is 11.5 Å². The fourth-order valence-electron chi connectivity index (χ4n) is 3.15. The third-order valence-corrected chi connectivity index (χ3v) is 5.45. The molecule has 142 valence electrons. The number of aromatic carboxylic acids is 1. The van der Waals surface area contributed by atoms with E-state index in [0.717, 1.165) is 11.3 Å². The lowest BCUT2D eigenvalue weighted by molar-refractivity contribution is 0.0703. The molecule has 0 aliphatic carbocycles. The number of amides is 2. The third-order valence-electron chi connectivity index (χ3n) is 4.37. The molecule has 0 unspecified atom stereocenters. The van der Waals surface area contributed by atoms with E-state index in [0.29, 0.717) is 33.2 Å². The zero-order valence-electron chi connectivity index (χ0n) is 14.7. The molecule has 1 aromatic carbocycles. The molecule has 5 rings (SSSR count). The van der Waals surface area contributed by atoms with Crippen LogP contribution in [0.2, 0.25) is 0 Å². The number of carbonyl (C=O) groups excluding carboxylic acids is 1. The zero-order valence-corrected chi connectivity index (χ0v) is 15.5. The van der Waals surface area contributed by atoms with Crippen molar-refractivity contribution in [2.24, 2.45) is 0 Å². The van der Waals surface area contributed by atoms with E-state index >= 15 is 0 Å². The smallest absolute Gasteiger partial charge is 0.348 e. The third kappa shape index (κ3) is 2.84. The minimum atomic E-state index is -1.11. The Morgan fingerprint density at radius 2 is 1.90 bits per heavy atom. The van der Waals surface area contributed by atoms with Gasteiger partial charge in [-0.3, -0.25) is 0 Å². The second-order valence-corrected chi connectivity index (χ2v) is 7.15. The Labute approximate surface area is 168 Å². The van der Waals surface area contributed by atoms with Crippen LogP contribution in [0.4, 0.5) is 22.0 Å². The number of hydrogen-bond acceptors (Lipinski definition) is 6. The fourth-order valence-corrected chi connectivity index (χ4v) is 4.11. The average molecular weight is 404 g/mol. The standard InChI is InChI=1S/C20H12N4O4S/c25-19(26)17-16-15-13(8-9-21-18(15)29-17)24(20(27)23-16)14-7-6-12(10-22-14)28-11-4-2-1-3-5-11/h1-10H,(H,23,27)(H,25,26). The fraction of sp³-hybridized carbons (Fsp3) is 0. The second kappa shape index (κ2) is 6.57. The zero-order chi connectivity index (χ0) is 20.0. The summed E-state index contributed by atoms with van der Waals surface area (Å²) in [4.78, 5) is 34.9. The van der Waals surface area contributed by atoms with Gasteiger partial charge in [0.25, 0.3) is 0 Å². The molecule has 8 nitrogen and oxygen atoms in total. The molecule has 2 N–H and O–H groups in total. The summed E-state index contributed by atoms with van der Waals surface area (Å²) in [5.74, 6) is 0.478. The molecule has 4 aromatic rings. The van der Waals surface area contributed by atoms with Crippen molar-refractivity contribution in [3.63, 3.8) is 0 Å². The van der Waals surface area contributed by atoms with Crippen molar-refractivity contribution >= 4 is 50.7 Å². The summed E-state index contributed by atoms with van der Waals surface area (Å²) in [6.45, 7) is 0. The second-order valence-electron chi connectivity index (χ2n) is 6.15. The first-order chi connectivity index (χ1) is 14.1.